The predicted octanol–water partition coefficient (Wildman–Crippen LogP) is 16.5. The third-order valence-corrected chi connectivity index (χ3v) is 21.3. The van der Waals surface area contributed by atoms with Gasteiger partial charge in [0.1, 0.15) is 11.4 Å². The average Bonchev–Trinajstić information content (AvgIpc) is 1.74. The number of alkyl carbamates (subject to hydrolysis) is 1. The van der Waals surface area contributed by atoms with Crippen molar-refractivity contribution in [2.45, 2.75) is 149 Å². The monoisotopic (exact) mass is 1520 g/mol. The number of anilines is 2. The maximum Gasteiger partial charge on any atom is 0.471 e. The van der Waals surface area contributed by atoms with Gasteiger partial charge in [0.05, 0.1) is 57.5 Å². The molecule has 2 atom stereocenters. The lowest BCUT2D eigenvalue weighted by Gasteiger charge is -2.25. The van der Waals surface area contributed by atoms with E-state index in [-0.39, 0.29) is 91.9 Å². The SMILES string of the molecule is Cc1c(Br)c(F)c(Cl)c2ccc(=O)n(C3CC3)c12.Cc1c(Br)c(F)cc2ccc(=O)n(C3CC3)c12.Cc1c(N2CCC(CNC(=O)C(F)(F)F)C2)c(F)c(Cl)c2ccc(=O)n(C3CC3)c12.Cc1c(N2CCC(CNC(=O)OC(C)(C)C)C2)c(F)c(Cl)c2ccc(=O)n(C3CC3)c12. The van der Waals surface area contributed by atoms with Crippen LogP contribution < -0.4 is 42.7 Å². The van der Waals surface area contributed by atoms with Gasteiger partial charge in [-0.15, -0.1) is 0 Å². The minimum absolute atomic E-state index is 0.00149. The van der Waals surface area contributed by atoms with Gasteiger partial charge in [0.15, 0.2) is 17.5 Å². The van der Waals surface area contributed by atoms with Crippen molar-refractivity contribution < 1.29 is 45.1 Å². The van der Waals surface area contributed by atoms with E-state index >= 15 is 8.78 Å². The number of aryl methyl sites for hydroxylation is 4. The number of ether oxygens (including phenoxy) is 1. The van der Waals surface area contributed by atoms with Crippen molar-refractivity contribution in [1.82, 2.24) is 28.9 Å². The molecule has 2 aliphatic heterocycles. The number of rotatable bonds is 10. The smallest absolute Gasteiger partial charge is 0.444 e. The average molecular weight is 1520 g/mol. The van der Waals surface area contributed by atoms with Gasteiger partial charge in [0, 0.05) is 109 Å². The van der Waals surface area contributed by atoms with Gasteiger partial charge in [-0.3, -0.25) is 24.0 Å². The normalized spacial score (nSPS) is 17.9. The number of amides is 2. The minimum Gasteiger partial charge on any atom is -0.444 e. The molecule has 2 unspecified atom stereocenters. The summed E-state index contributed by atoms with van der Waals surface area (Å²) in [4.78, 5) is 75.6. The van der Waals surface area contributed by atoms with Crippen molar-refractivity contribution in [2.75, 3.05) is 49.1 Å². The summed E-state index contributed by atoms with van der Waals surface area (Å²) < 4.78 is 108. The van der Waals surface area contributed by atoms with Crippen LogP contribution in [0.5, 0.6) is 0 Å². The lowest BCUT2D eigenvalue weighted by atomic mass is 10.1. The molecule has 0 radical (unpaired) electrons. The number of nitrogens with zero attached hydrogens (tertiary/aromatic N) is 6. The first-order valence-electron chi connectivity index (χ1n) is 31.8. The summed E-state index contributed by atoms with van der Waals surface area (Å²) in [6.07, 6.45) is 3.62. The molecular weight excluding hydrogens is 1450 g/mol. The van der Waals surface area contributed by atoms with Crippen LogP contribution in [0.1, 0.15) is 131 Å². The van der Waals surface area contributed by atoms with Gasteiger partial charge in [0.25, 0.3) is 22.2 Å². The Balaban J connectivity index is 0.000000134. The highest BCUT2D eigenvalue weighted by Gasteiger charge is 2.40. The maximum absolute atomic E-state index is 15.4. The second-order valence-electron chi connectivity index (χ2n) is 26.7. The summed E-state index contributed by atoms with van der Waals surface area (Å²) in [5.74, 6) is -3.88. The van der Waals surface area contributed by atoms with Gasteiger partial charge >= 0.3 is 18.2 Å². The van der Waals surface area contributed by atoms with Gasteiger partial charge < -0.3 is 43.4 Å². The number of benzene rings is 4. The van der Waals surface area contributed by atoms with Crippen LogP contribution in [0.4, 0.5) is 46.9 Å². The minimum atomic E-state index is -4.93. The third kappa shape index (κ3) is 14.5. The van der Waals surface area contributed by atoms with E-state index in [1.807, 2.05) is 44.8 Å². The molecule has 15 nitrogen and oxygen atoms in total. The van der Waals surface area contributed by atoms with E-state index in [1.54, 1.807) is 55.2 Å². The molecule has 4 saturated carbocycles. The van der Waals surface area contributed by atoms with Crippen molar-refractivity contribution in [3.05, 3.63) is 166 Å². The topological polar surface area (TPSA) is 162 Å². The number of halogens is 12. The van der Waals surface area contributed by atoms with E-state index in [9.17, 15) is 50.7 Å². The highest BCUT2D eigenvalue weighted by Crippen LogP contribution is 2.46. The Hall–Kier alpha value is -6.60. The molecule has 27 heteroatoms. The molecule has 512 valence electrons. The molecule has 0 spiro atoms. The Kier molecular flexibility index (Phi) is 20.3. The van der Waals surface area contributed by atoms with Crippen molar-refractivity contribution in [1.29, 1.82) is 0 Å². The van der Waals surface area contributed by atoms with E-state index in [0.29, 0.717) is 80.5 Å². The summed E-state index contributed by atoms with van der Waals surface area (Å²) in [6.45, 7) is 14.9. The van der Waals surface area contributed by atoms with Crippen LogP contribution in [0.3, 0.4) is 0 Å². The first-order chi connectivity index (χ1) is 45.3. The molecule has 6 fully saturated rings. The molecule has 4 aliphatic carbocycles. The first kappa shape index (κ1) is 70.7. The van der Waals surface area contributed by atoms with E-state index in [4.69, 9.17) is 39.5 Å². The first-order valence-corrected chi connectivity index (χ1v) is 34.5. The Morgan fingerprint density at radius 3 is 1.25 bits per heavy atom. The van der Waals surface area contributed by atoms with E-state index < -0.39 is 41.2 Å². The molecule has 2 saturated heterocycles. The van der Waals surface area contributed by atoms with Crippen molar-refractivity contribution in [3.63, 3.8) is 0 Å². The largest absolute Gasteiger partial charge is 0.471 e. The van der Waals surface area contributed by atoms with Crippen LogP contribution in [-0.2, 0) is 9.53 Å². The highest BCUT2D eigenvalue weighted by atomic mass is 79.9. The summed E-state index contributed by atoms with van der Waals surface area (Å²) in [7, 11) is 0. The number of hydrogen-bond acceptors (Lipinski definition) is 9. The van der Waals surface area contributed by atoms with Gasteiger partial charge in [-0.2, -0.15) is 13.2 Å². The molecule has 14 rings (SSSR count). The molecule has 0 bridgehead atoms. The fraction of sp³-hybridized carbons (Fsp3) is 0.449. The lowest BCUT2D eigenvalue weighted by Crippen LogP contribution is -2.39. The Labute approximate surface area is 579 Å². The van der Waals surface area contributed by atoms with Crippen molar-refractivity contribution in [3.8, 4) is 0 Å². The fourth-order valence-electron chi connectivity index (χ4n) is 13.2. The van der Waals surface area contributed by atoms with Crippen LogP contribution in [-0.4, -0.2) is 81.3 Å². The zero-order valence-corrected chi connectivity index (χ0v) is 59.0. The summed E-state index contributed by atoms with van der Waals surface area (Å²) in [6, 6.07) is 14.5. The van der Waals surface area contributed by atoms with Crippen LogP contribution in [0.25, 0.3) is 43.6 Å². The highest BCUT2D eigenvalue weighted by molar-refractivity contribution is 9.10. The number of pyridine rings is 4. The fourth-order valence-corrected chi connectivity index (χ4v) is 14.7. The predicted molar refractivity (Wildman–Crippen MR) is 369 cm³/mol. The lowest BCUT2D eigenvalue weighted by molar-refractivity contribution is -0.173. The third-order valence-electron chi connectivity index (χ3n) is 18.3. The molecule has 2 amide bonds. The number of fused-ring (bicyclic) bond motifs is 4. The quantitative estimate of drug-likeness (QED) is 0.100. The van der Waals surface area contributed by atoms with E-state index in [0.717, 1.165) is 96.4 Å². The number of hydrogen-bond donors (Lipinski definition) is 2. The van der Waals surface area contributed by atoms with Crippen LogP contribution in [0.2, 0.25) is 15.1 Å². The number of carbonyl (C=O) groups excluding carboxylic acids is 2. The summed E-state index contributed by atoms with van der Waals surface area (Å²) in [5.41, 5.74) is 5.62. The Morgan fingerprint density at radius 1 is 0.510 bits per heavy atom. The molecule has 96 heavy (non-hydrogen) atoms. The van der Waals surface area contributed by atoms with Crippen molar-refractivity contribution >= 4 is 134 Å². The molecule has 4 aromatic carbocycles. The zero-order valence-electron chi connectivity index (χ0n) is 53.6. The van der Waals surface area contributed by atoms with E-state index in [2.05, 4.69) is 37.2 Å². The number of aromatic nitrogens is 4. The number of alkyl halides is 3. The van der Waals surface area contributed by atoms with Crippen LogP contribution in [0, 0.1) is 62.8 Å². The molecule has 6 aliphatic rings. The molecular formula is C69H70Br2Cl3F7N8O7. The molecule has 4 aromatic heterocycles. The molecule has 6 heterocycles. The van der Waals surface area contributed by atoms with Gasteiger partial charge in [-0.05, 0) is 209 Å². The van der Waals surface area contributed by atoms with E-state index in [1.165, 1.54) is 36.4 Å². The van der Waals surface area contributed by atoms with Crippen LogP contribution >= 0.6 is 66.7 Å². The summed E-state index contributed by atoms with van der Waals surface area (Å²) >= 11 is 25.2. The second-order valence-corrected chi connectivity index (χ2v) is 29.4. The Morgan fingerprint density at radius 2 is 0.865 bits per heavy atom. The van der Waals surface area contributed by atoms with Crippen molar-refractivity contribution in [2.24, 2.45) is 11.8 Å². The number of carbonyl (C=O) groups is 2. The number of nitrogens with one attached hydrogen (secondary N) is 2. The molecule has 2 N–H and O–H groups in total. The maximum atomic E-state index is 15.4. The van der Waals surface area contributed by atoms with Crippen LogP contribution in [0.15, 0.2) is 82.7 Å². The standard InChI is InChI=1S/C23H29ClFN3O3.C20H20ClF4N3O2.C13H10BrClFNO.C13H11BrFNO/c1-13-20-16(7-8-17(29)28(20)15-5-6-15)18(24)19(25)21(13)27-10-9-14(12-27)11-26-22(30)31-23(2,3)4;1-10-17-13(4-5-14(29)28(17)12-2-3-12)15(21)16(22)18(10)27-7-6-11(9-27)8-26-19(30)20(23,24)25;1-6-10(14)12(16)11(15)8-4-5-9(18)17(13(6)8)7-2-3-7;1-7-12(14)10(15)6-8-2-5-11(17)16(13(7)8)9-3-4-9/h7-8,14-15H,5-6,9-12H2,1-4H3,(H,26,30);4-5,11-12H,2-3,6-9H2,1H3,(H,26,30);4-5,7H,2-3H2,1H3;2,5-6,9H,3-4H2,1H3. The zero-order chi connectivity index (χ0) is 69.5. The second kappa shape index (κ2) is 27.6. The van der Waals surface area contributed by atoms with Gasteiger partial charge in [-0.25, -0.2) is 22.4 Å². The van der Waals surface area contributed by atoms with Gasteiger partial charge in [-0.1, -0.05) is 34.8 Å². The van der Waals surface area contributed by atoms with Gasteiger partial charge in [0.2, 0.25) is 0 Å². The molecule has 8 aromatic rings. The summed E-state index contributed by atoms with van der Waals surface area (Å²) in [5, 5.41) is 7.18. The Bertz CT molecular complexity index is 4730.